The molecule has 0 rings (SSSR count). The van der Waals surface area contributed by atoms with Crippen molar-refractivity contribution >= 4 is 0 Å². The molecule has 0 spiro atoms. The van der Waals surface area contributed by atoms with Crippen LogP contribution in [0.5, 0.6) is 0 Å². The molecule has 0 aromatic carbocycles. The Balaban J connectivity index is 0. The van der Waals surface area contributed by atoms with Crippen LogP contribution in [0, 0.1) is 41.7 Å². The SMILES string of the molecule is [Ce+3].[Cl-].[Na+].[OH-]. The molecule has 1 nitrogen and oxygen atoms in total. The first-order valence-corrected chi connectivity index (χ1v) is 0. The summed E-state index contributed by atoms with van der Waals surface area (Å²) < 4.78 is 0. The molecule has 0 unspecified atom stereocenters. The summed E-state index contributed by atoms with van der Waals surface area (Å²) in [6.07, 6.45) is 0. The van der Waals surface area contributed by atoms with E-state index in [1.54, 1.807) is 0 Å². The van der Waals surface area contributed by atoms with Crippen LogP contribution in [0.4, 0.5) is 0 Å². The van der Waals surface area contributed by atoms with Crippen molar-refractivity contribution in [1.29, 1.82) is 0 Å². The van der Waals surface area contributed by atoms with Gasteiger partial charge >= 0.3 is 71.3 Å². The summed E-state index contributed by atoms with van der Waals surface area (Å²) in [5.74, 6) is 0. The summed E-state index contributed by atoms with van der Waals surface area (Å²) in [4.78, 5) is 0. The van der Waals surface area contributed by atoms with Gasteiger partial charge in [-0.3, -0.25) is 0 Å². The molecular formula is HCeClNaO+2. The molecule has 0 aliphatic rings. The van der Waals surface area contributed by atoms with Gasteiger partial charge in [0.2, 0.25) is 0 Å². The summed E-state index contributed by atoms with van der Waals surface area (Å²) >= 11 is 0. The predicted octanol–water partition coefficient (Wildman–Crippen LogP) is -6.17. The van der Waals surface area contributed by atoms with E-state index in [2.05, 4.69) is 0 Å². The Labute approximate surface area is 87.3 Å². The molecule has 0 atom stereocenters. The third kappa shape index (κ3) is 8.82. The number of rotatable bonds is 0. The van der Waals surface area contributed by atoms with Crippen molar-refractivity contribution < 1.29 is 89.2 Å². The van der Waals surface area contributed by atoms with Crippen molar-refractivity contribution in [2.24, 2.45) is 0 Å². The predicted molar refractivity (Wildman–Crippen MR) is 1.94 cm³/mol. The van der Waals surface area contributed by atoms with Crippen LogP contribution in [0.15, 0.2) is 0 Å². The van der Waals surface area contributed by atoms with Crippen molar-refractivity contribution in [3.63, 3.8) is 0 Å². The van der Waals surface area contributed by atoms with Gasteiger partial charge < -0.3 is 17.9 Å². The zero-order valence-corrected chi connectivity index (χ0v) is 8.22. The van der Waals surface area contributed by atoms with E-state index >= 15 is 0 Å². The second-order valence-corrected chi connectivity index (χ2v) is 0. The molecule has 1 radical (unpaired) electrons. The topological polar surface area (TPSA) is 30.0 Å². The second-order valence-electron chi connectivity index (χ2n) is 0. The van der Waals surface area contributed by atoms with Crippen LogP contribution in [-0.4, -0.2) is 5.48 Å². The smallest absolute Gasteiger partial charge is 1.00 e. The largest absolute Gasteiger partial charge is 3.00 e. The number of hydrogen-bond acceptors (Lipinski definition) is 1. The van der Waals surface area contributed by atoms with Gasteiger partial charge in [0.15, 0.2) is 0 Å². The zero-order chi connectivity index (χ0) is 0. The average molecular weight is 216 g/mol. The standard InChI is InChI=1S/Ce.ClH.Na.H2O/h;1H;;1H2/q+3;;+1;/p-2. The van der Waals surface area contributed by atoms with Gasteiger partial charge in [-0.15, -0.1) is 0 Å². The van der Waals surface area contributed by atoms with Crippen LogP contribution in [0.3, 0.4) is 0 Å². The Morgan fingerprint density at radius 3 is 1.00 bits per heavy atom. The van der Waals surface area contributed by atoms with Gasteiger partial charge in [0.25, 0.3) is 0 Å². The van der Waals surface area contributed by atoms with Crippen LogP contribution in [0.2, 0.25) is 0 Å². The molecule has 17 valence electrons. The molecule has 0 aromatic heterocycles. The monoisotopic (exact) mass is 215 g/mol. The first-order valence-electron chi connectivity index (χ1n) is 0. The number of halogens is 1. The molecule has 0 bridgehead atoms. The minimum Gasteiger partial charge on any atom is -1.00 e. The van der Waals surface area contributed by atoms with Gasteiger partial charge in [0, 0.05) is 0 Å². The van der Waals surface area contributed by atoms with Crippen molar-refractivity contribution in [2.75, 3.05) is 0 Å². The van der Waals surface area contributed by atoms with Crippen LogP contribution in [0.1, 0.15) is 0 Å². The summed E-state index contributed by atoms with van der Waals surface area (Å²) in [5, 5.41) is 0. The fraction of sp³-hybridized carbons (Fsp3) is 0. The minimum atomic E-state index is 0. The summed E-state index contributed by atoms with van der Waals surface area (Å²) in [7, 11) is 0. The molecule has 4 heteroatoms. The van der Waals surface area contributed by atoms with E-state index in [1.165, 1.54) is 0 Å². The maximum atomic E-state index is 0. The maximum absolute atomic E-state index is 0. The Morgan fingerprint density at radius 2 is 1.00 bits per heavy atom. The first-order chi connectivity index (χ1) is 0. The molecule has 0 amide bonds. The van der Waals surface area contributed by atoms with Gasteiger partial charge in [-0.1, -0.05) is 0 Å². The third-order valence-corrected chi connectivity index (χ3v) is 0. The molecule has 0 heterocycles. The summed E-state index contributed by atoms with van der Waals surface area (Å²) in [5.41, 5.74) is 0. The van der Waals surface area contributed by atoms with Crippen LogP contribution in [-0.2, 0) is 0 Å². The van der Waals surface area contributed by atoms with Gasteiger partial charge in [0.1, 0.15) is 0 Å². The fourth-order valence-electron chi connectivity index (χ4n) is 0. The Morgan fingerprint density at radius 1 is 1.00 bits per heavy atom. The van der Waals surface area contributed by atoms with E-state index < -0.39 is 0 Å². The number of hydrogen-bond donors (Lipinski definition) is 0. The van der Waals surface area contributed by atoms with Crippen LogP contribution >= 0.6 is 0 Å². The van der Waals surface area contributed by atoms with E-state index in [4.69, 9.17) is 0 Å². The fourth-order valence-corrected chi connectivity index (χ4v) is 0. The van der Waals surface area contributed by atoms with Gasteiger partial charge in [-0.2, -0.15) is 0 Å². The molecule has 0 fully saturated rings. The van der Waals surface area contributed by atoms with Gasteiger partial charge in [-0.25, -0.2) is 0 Å². The molecule has 1 N–H and O–H groups in total. The molecule has 0 saturated heterocycles. The normalized spacial score (nSPS) is 0. The van der Waals surface area contributed by atoms with Gasteiger partial charge in [-0.05, 0) is 0 Å². The van der Waals surface area contributed by atoms with E-state index in [1.807, 2.05) is 0 Å². The maximum Gasteiger partial charge on any atom is 3.00 e. The van der Waals surface area contributed by atoms with Crippen LogP contribution in [0.25, 0.3) is 0 Å². The molecule has 0 aliphatic heterocycles. The van der Waals surface area contributed by atoms with E-state index in [0.29, 0.717) is 0 Å². The molecule has 0 aliphatic carbocycles. The van der Waals surface area contributed by atoms with Crippen molar-refractivity contribution in [2.45, 2.75) is 0 Å². The van der Waals surface area contributed by atoms with Crippen molar-refractivity contribution in [1.82, 2.24) is 0 Å². The minimum absolute atomic E-state index is 0. The van der Waals surface area contributed by atoms with Crippen molar-refractivity contribution in [3.8, 4) is 0 Å². The van der Waals surface area contributed by atoms with E-state index in [-0.39, 0.29) is 89.2 Å². The first kappa shape index (κ1) is 30.4. The van der Waals surface area contributed by atoms with E-state index in [0.717, 1.165) is 0 Å². The van der Waals surface area contributed by atoms with E-state index in [9.17, 15) is 0 Å². The zero-order valence-electron chi connectivity index (χ0n) is 2.33. The second kappa shape index (κ2) is 17.5. The van der Waals surface area contributed by atoms with Gasteiger partial charge in [0.05, 0.1) is 0 Å². The summed E-state index contributed by atoms with van der Waals surface area (Å²) in [6, 6.07) is 0. The Kier molecular flexibility index (Phi) is 133. The molecule has 0 saturated carbocycles. The summed E-state index contributed by atoms with van der Waals surface area (Å²) in [6.45, 7) is 0. The third-order valence-electron chi connectivity index (χ3n) is 0. The Hall–Kier alpha value is 2.63. The molecular weight excluding hydrogens is 215 g/mol. The Bertz CT molecular complexity index is 8.00. The molecule has 4 heavy (non-hydrogen) atoms. The molecule has 0 aromatic rings. The van der Waals surface area contributed by atoms with Crippen LogP contribution < -0.4 is 42.0 Å². The quantitative estimate of drug-likeness (QED) is 0.370. The average Bonchev–Trinajstić information content (AvgIpc) is 0. The van der Waals surface area contributed by atoms with Crippen molar-refractivity contribution in [3.05, 3.63) is 0 Å².